The first-order valence-corrected chi connectivity index (χ1v) is 7.48. The maximum absolute atomic E-state index is 4.60. The smallest absolute Gasteiger partial charge is 0.137 e. The second kappa shape index (κ2) is 5.74. The third kappa shape index (κ3) is 2.81. The van der Waals surface area contributed by atoms with Gasteiger partial charge in [-0.05, 0) is 44.4 Å². The Morgan fingerprint density at radius 2 is 2.11 bits per heavy atom. The van der Waals surface area contributed by atoms with Gasteiger partial charge in [0.2, 0.25) is 0 Å². The molecule has 3 nitrogen and oxygen atoms in total. The van der Waals surface area contributed by atoms with E-state index < -0.39 is 0 Å². The average Bonchev–Trinajstić information content (AvgIpc) is 2.76. The van der Waals surface area contributed by atoms with Crippen LogP contribution < -0.4 is 5.32 Å². The fourth-order valence-electron chi connectivity index (χ4n) is 3.16. The second-order valence-electron chi connectivity index (χ2n) is 5.71. The van der Waals surface area contributed by atoms with Crippen LogP contribution in [0.15, 0.2) is 24.4 Å². The SMILES string of the molecule is Cc1nc2ccccn2c1CNCC1CCCCC1. The molecule has 0 bridgehead atoms. The molecule has 0 unspecified atom stereocenters. The Morgan fingerprint density at radius 3 is 2.95 bits per heavy atom. The molecule has 0 aliphatic heterocycles. The molecule has 1 fully saturated rings. The van der Waals surface area contributed by atoms with E-state index in [0.717, 1.165) is 30.3 Å². The number of nitrogens with one attached hydrogen (secondary N) is 1. The van der Waals surface area contributed by atoms with Crippen molar-refractivity contribution in [3.63, 3.8) is 0 Å². The molecule has 3 heteroatoms. The van der Waals surface area contributed by atoms with E-state index >= 15 is 0 Å². The summed E-state index contributed by atoms with van der Waals surface area (Å²) in [5.74, 6) is 0.883. The highest BCUT2D eigenvalue weighted by atomic mass is 15.0. The minimum atomic E-state index is 0.883. The Balaban J connectivity index is 1.63. The predicted octanol–water partition coefficient (Wildman–Crippen LogP) is 3.31. The van der Waals surface area contributed by atoms with Crippen LogP contribution in [0, 0.1) is 12.8 Å². The number of rotatable bonds is 4. The van der Waals surface area contributed by atoms with Crippen molar-refractivity contribution in [2.75, 3.05) is 6.54 Å². The molecule has 2 aromatic heterocycles. The molecule has 3 rings (SSSR count). The van der Waals surface area contributed by atoms with Gasteiger partial charge in [0.1, 0.15) is 5.65 Å². The second-order valence-corrected chi connectivity index (χ2v) is 5.71. The first-order chi connectivity index (χ1) is 9.34. The van der Waals surface area contributed by atoms with Gasteiger partial charge in [0.25, 0.3) is 0 Å². The summed E-state index contributed by atoms with van der Waals surface area (Å²) in [5.41, 5.74) is 3.49. The number of hydrogen-bond acceptors (Lipinski definition) is 2. The molecule has 2 aromatic rings. The van der Waals surface area contributed by atoms with Gasteiger partial charge in [0, 0.05) is 12.7 Å². The zero-order valence-electron chi connectivity index (χ0n) is 11.7. The number of pyridine rings is 1. The maximum Gasteiger partial charge on any atom is 0.137 e. The van der Waals surface area contributed by atoms with E-state index in [4.69, 9.17) is 0 Å². The van der Waals surface area contributed by atoms with Crippen molar-refractivity contribution >= 4 is 5.65 Å². The van der Waals surface area contributed by atoms with Crippen LogP contribution in [0.5, 0.6) is 0 Å². The van der Waals surface area contributed by atoms with Crippen molar-refractivity contribution in [1.82, 2.24) is 14.7 Å². The number of fused-ring (bicyclic) bond motifs is 1. The Labute approximate surface area is 115 Å². The summed E-state index contributed by atoms with van der Waals surface area (Å²) in [4.78, 5) is 4.60. The summed E-state index contributed by atoms with van der Waals surface area (Å²) >= 11 is 0. The lowest BCUT2D eigenvalue weighted by molar-refractivity contribution is 0.341. The van der Waals surface area contributed by atoms with Crippen LogP contribution in [0.4, 0.5) is 0 Å². The fraction of sp³-hybridized carbons (Fsp3) is 0.562. The topological polar surface area (TPSA) is 29.3 Å². The van der Waals surface area contributed by atoms with Crippen LogP contribution in [-0.2, 0) is 6.54 Å². The fourth-order valence-corrected chi connectivity index (χ4v) is 3.16. The zero-order chi connectivity index (χ0) is 13.1. The molecular formula is C16H23N3. The third-order valence-corrected chi connectivity index (χ3v) is 4.28. The third-order valence-electron chi connectivity index (χ3n) is 4.28. The van der Waals surface area contributed by atoms with Gasteiger partial charge in [-0.25, -0.2) is 4.98 Å². The van der Waals surface area contributed by atoms with E-state index in [0.29, 0.717) is 0 Å². The molecule has 0 radical (unpaired) electrons. The molecule has 0 saturated heterocycles. The summed E-state index contributed by atoms with van der Waals surface area (Å²) in [6.45, 7) is 4.18. The highest BCUT2D eigenvalue weighted by Gasteiger charge is 2.13. The van der Waals surface area contributed by atoms with Crippen molar-refractivity contribution in [3.05, 3.63) is 35.8 Å². The highest BCUT2D eigenvalue weighted by Crippen LogP contribution is 2.23. The molecule has 1 aliphatic rings. The number of aryl methyl sites for hydroxylation is 1. The zero-order valence-corrected chi connectivity index (χ0v) is 11.7. The molecule has 1 saturated carbocycles. The van der Waals surface area contributed by atoms with E-state index in [1.54, 1.807) is 0 Å². The molecule has 0 aromatic carbocycles. The molecule has 102 valence electrons. The van der Waals surface area contributed by atoms with Crippen LogP contribution in [0.3, 0.4) is 0 Å². The Bertz CT molecular complexity index is 538. The quantitative estimate of drug-likeness (QED) is 0.910. The van der Waals surface area contributed by atoms with E-state index in [2.05, 4.69) is 40.0 Å². The monoisotopic (exact) mass is 257 g/mol. The highest BCUT2D eigenvalue weighted by molar-refractivity contribution is 5.42. The Hall–Kier alpha value is -1.35. The largest absolute Gasteiger partial charge is 0.311 e. The van der Waals surface area contributed by atoms with Crippen LogP contribution in [-0.4, -0.2) is 15.9 Å². The van der Waals surface area contributed by atoms with Crippen LogP contribution in [0.2, 0.25) is 0 Å². The number of aromatic nitrogens is 2. The van der Waals surface area contributed by atoms with Gasteiger partial charge in [-0.2, -0.15) is 0 Å². The summed E-state index contributed by atoms with van der Waals surface area (Å²) < 4.78 is 2.20. The van der Waals surface area contributed by atoms with Gasteiger partial charge in [0.05, 0.1) is 11.4 Å². The van der Waals surface area contributed by atoms with Crippen LogP contribution >= 0.6 is 0 Å². The normalized spacial score (nSPS) is 17.1. The molecule has 1 aliphatic carbocycles. The van der Waals surface area contributed by atoms with E-state index in [-0.39, 0.29) is 0 Å². The van der Waals surface area contributed by atoms with Crippen molar-refractivity contribution < 1.29 is 0 Å². The first-order valence-electron chi connectivity index (χ1n) is 7.48. The predicted molar refractivity (Wildman–Crippen MR) is 78.2 cm³/mol. The summed E-state index contributed by atoms with van der Waals surface area (Å²) in [6.07, 6.45) is 9.18. The van der Waals surface area contributed by atoms with Crippen molar-refractivity contribution in [2.45, 2.75) is 45.6 Å². The van der Waals surface area contributed by atoms with Gasteiger partial charge >= 0.3 is 0 Å². The van der Waals surface area contributed by atoms with Crippen molar-refractivity contribution in [1.29, 1.82) is 0 Å². The van der Waals surface area contributed by atoms with Gasteiger partial charge in [-0.3, -0.25) is 0 Å². The van der Waals surface area contributed by atoms with Crippen molar-refractivity contribution in [3.8, 4) is 0 Å². The lowest BCUT2D eigenvalue weighted by Crippen LogP contribution is -2.24. The molecule has 0 amide bonds. The number of nitrogens with zero attached hydrogens (tertiary/aromatic N) is 2. The minimum Gasteiger partial charge on any atom is -0.311 e. The van der Waals surface area contributed by atoms with Crippen molar-refractivity contribution in [2.24, 2.45) is 5.92 Å². The average molecular weight is 257 g/mol. The molecule has 1 N–H and O–H groups in total. The lowest BCUT2D eigenvalue weighted by Gasteiger charge is -2.21. The molecule has 0 spiro atoms. The van der Waals surface area contributed by atoms with Gasteiger partial charge in [0.15, 0.2) is 0 Å². The summed E-state index contributed by atoms with van der Waals surface area (Å²) in [5, 5.41) is 3.63. The van der Waals surface area contributed by atoms with Gasteiger partial charge in [-0.1, -0.05) is 25.3 Å². The van der Waals surface area contributed by atoms with Gasteiger partial charge < -0.3 is 9.72 Å². The minimum absolute atomic E-state index is 0.883. The molecule has 0 atom stereocenters. The Morgan fingerprint density at radius 1 is 1.26 bits per heavy atom. The molecule has 2 heterocycles. The van der Waals surface area contributed by atoms with E-state index in [1.165, 1.54) is 37.8 Å². The standard InChI is InChI=1S/C16H23N3/c1-13-15(19-10-6-5-9-16(19)18-13)12-17-11-14-7-3-2-4-8-14/h5-6,9-10,14,17H,2-4,7-8,11-12H2,1H3. The number of imidazole rings is 1. The Kier molecular flexibility index (Phi) is 3.83. The summed E-state index contributed by atoms with van der Waals surface area (Å²) in [6, 6.07) is 6.18. The maximum atomic E-state index is 4.60. The van der Waals surface area contributed by atoms with E-state index in [1.807, 2.05) is 6.07 Å². The van der Waals surface area contributed by atoms with Crippen LogP contribution in [0.25, 0.3) is 5.65 Å². The number of hydrogen-bond donors (Lipinski definition) is 1. The van der Waals surface area contributed by atoms with Gasteiger partial charge in [-0.15, -0.1) is 0 Å². The van der Waals surface area contributed by atoms with E-state index in [9.17, 15) is 0 Å². The lowest BCUT2D eigenvalue weighted by atomic mass is 9.89. The first kappa shape index (κ1) is 12.7. The van der Waals surface area contributed by atoms with Crippen LogP contribution in [0.1, 0.15) is 43.5 Å². The molecular weight excluding hydrogens is 234 g/mol. The molecule has 19 heavy (non-hydrogen) atoms. The summed E-state index contributed by atoms with van der Waals surface area (Å²) in [7, 11) is 0.